The van der Waals surface area contributed by atoms with Crippen LogP contribution in [0.4, 0.5) is 0 Å². The van der Waals surface area contributed by atoms with Crippen LogP contribution < -0.4 is 0 Å². The third-order valence-electron chi connectivity index (χ3n) is 2.59. The van der Waals surface area contributed by atoms with E-state index in [9.17, 15) is 19.6 Å². The number of benzene rings is 1. The summed E-state index contributed by atoms with van der Waals surface area (Å²) in [5.41, 5.74) is 0.365. The van der Waals surface area contributed by atoms with Gasteiger partial charge in [-0.2, -0.15) is 5.06 Å². The van der Waals surface area contributed by atoms with Crippen molar-refractivity contribution >= 4 is 17.8 Å². The number of rotatable bonds is 1. The maximum atomic E-state index is 11.7. The van der Waals surface area contributed by atoms with E-state index in [-0.39, 0.29) is 16.2 Å². The zero-order chi connectivity index (χ0) is 12.6. The summed E-state index contributed by atoms with van der Waals surface area (Å²) in [6, 6.07) is 6.10. The summed E-state index contributed by atoms with van der Waals surface area (Å²) < 4.78 is 4.49. The Kier molecular flexibility index (Phi) is 2.64. The van der Waals surface area contributed by atoms with E-state index in [0.29, 0.717) is 0 Å². The average Bonchev–Trinajstić information content (AvgIpc) is 2.36. The monoisotopic (exact) mass is 235 g/mol. The zero-order valence-corrected chi connectivity index (χ0v) is 8.91. The van der Waals surface area contributed by atoms with Gasteiger partial charge in [-0.25, -0.2) is 0 Å². The predicted molar refractivity (Wildman–Crippen MR) is 54.2 cm³/mol. The first-order valence-corrected chi connectivity index (χ1v) is 4.82. The number of nitrogens with zero attached hydrogens (tertiary/aromatic N) is 1. The highest BCUT2D eigenvalue weighted by Crippen LogP contribution is 2.29. The van der Waals surface area contributed by atoms with Gasteiger partial charge in [0, 0.05) is 5.56 Å². The summed E-state index contributed by atoms with van der Waals surface area (Å²) in [6.45, 7) is 0. The third kappa shape index (κ3) is 1.58. The summed E-state index contributed by atoms with van der Waals surface area (Å²) in [6.07, 6.45) is 0. The van der Waals surface area contributed by atoms with Crippen molar-refractivity contribution in [3.63, 3.8) is 0 Å². The smallest absolute Gasteiger partial charge is 0.322 e. The first-order chi connectivity index (χ1) is 8.07. The molecule has 1 aliphatic rings. The van der Waals surface area contributed by atoms with Crippen LogP contribution in [0.3, 0.4) is 0 Å². The lowest BCUT2D eigenvalue weighted by Crippen LogP contribution is -2.45. The molecule has 6 nitrogen and oxygen atoms in total. The van der Waals surface area contributed by atoms with Gasteiger partial charge in [0.1, 0.15) is 0 Å². The molecule has 0 fully saturated rings. The number of carbonyl (C=O) groups is 3. The Morgan fingerprint density at radius 1 is 1.35 bits per heavy atom. The predicted octanol–water partition coefficient (Wildman–Crippen LogP) is 0.315. The lowest BCUT2D eigenvalue weighted by molar-refractivity contribution is -0.163. The van der Waals surface area contributed by atoms with Crippen molar-refractivity contribution in [3.05, 3.63) is 35.4 Å². The maximum Gasteiger partial charge on any atom is 0.322 e. The molecule has 1 aromatic rings. The molecule has 6 heteroatoms. The number of esters is 1. The molecule has 1 N–H and O–H groups in total. The lowest BCUT2D eigenvalue weighted by atomic mass is 9.89. The van der Waals surface area contributed by atoms with Crippen LogP contribution in [0.2, 0.25) is 0 Å². The van der Waals surface area contributed by atoms with E-state index in [1.165, 1.54) is 12.1 Å². The summed E-state index contributed by atoms with van der Waals surface area (Å²) >= 11 is 0. The molecule has 0 saturated heterocycles. The molecule has 1 unspecified atom stereocenters. The second kappa shape index (κ2) is 3.99. The minimum atomic E-state index is -1.29. The first-order valence-electron chi connectivity index (χ1n) is 4.82. The highest BCUT2D eigenvalue weighted by molar-refractivity contribution is 6.17. The molecule has 0 aromatic heterocycles. The summed E-state index contributed by atoms with van der Waals surface area (Å²) in [4.78, 5) is 34.7. The van der Waals surface area contributed by atoms with E-state index in [1.54, 1.807) is 12.1 Å². The molecule has 1 aromatic carbocycles. The largest absolute Gasteiger partial charge is 0.468 e. The third-order valence-corrected chi connectivity index (χ3v) is 2.59. The number of fused-ring (bicyclic) bond motifs is 1. The number of methoxy groups -OCH3 is 1. The molecule has 1 heterocycles. The standard InChI is InChI=1S/C11H9NO5/c1-17-11(15)8-6-4-2-3-5-7(6)9(13)12(16)10(8)14/h2-5,8,16H,1H3. The number of ether oxygens (including phenoxy) is 1. The number of hydrogen-bond donors (Lipinski definition) is 1. The molecule has 0 radical (unpaired) electrons. The maximum absolute atomic E-state index is 11.7. The molecule has 88 valence electrons. The summed E-state index contributed by atoms with van der Waals surface area (Å²) in [7, 11) is 1.14. The Morgan fingerprint density at radius 3 is 2.65 bits per heavy atom. The topological polar surface area (TPSA) is 83.9 Å². The molecule has 0 saturated carbocycles. The second-order valence-corrected chi connectivity index (χ2v) is 3.50. The summed E-state index contributed by atoms with van der Waals surface area (Å²) in [5.74, 6) is -3.95. The van der Waals surface area contributed by atoms with E-state index in [2.05, 4.69) is 4.74 Å². The van der Waals surface area contributed by atoms with Gasteiger partial charge in [0.15, 0.2) is 5.92 Å². The number of hydrogen-bond acceptors (Lipinski definition) is 5. The van der Waals surface area contributed by atoms with Gasteiger partial charge in [-0.05, 0) is 11.6 Å². The molecule has 2 amide bonds. The molecule has 0 spiro atoms. The van der Waals surface area contributed by atoms with Crippen LogP contribution in [0.5, 0.6) is 0 Å². The van der Waals surface area contributed by atoms with Gasteiger partial charge in [0.2, 0.25) is 0 Å². The number of carbonyl (C=O) groups excluding carboxylic acids is 3. The Hall–Kier alpha value is -2.21. The van der Waals surface area contributed by atoms with Crippen LogP contribution in [-0.4, -0.2) is 35.2 Å². The number of imide groups is 1. The fourth-order valence-electron chi connectivity index (χ4n) is 1.76. The van der Waals surface area contributed by atoms with Gasteiger partial charge in [-0.3, -0.25) is 19.6 Å². The molecule has 0 aliphatic carbocycles. The van der Waals surface area contributed by atoms with Crippen molar-refractivity contribution < 1.29 is 24.3 Å². The Labute approximate surface area is 96.4 Å². The molecule has 1 atom stereocenters. The molecule has 17 heavy (non-hydrogen) atoms. The van der Waals surface area contributed by atoms with Crippen LogP contribution in [0.15, 0.2) is 24.3 Å². The van der Waals surface area contributed by atoms with Crippen LogP contribution >= 0.6 is 0 Å². The molecular weight excluding hydrogens is 226 g/mol. The van der Waals surface area contributed by atoms with Crippen molar-refractivity contribution in [1.82, 2.24) is 5.06 Å². The van der Waals surface area contributed by atoms with Gasteiger partial charge in [-0.1, -0.05) is 18.2 Å². The van der Waals surface area contributed by atoms with Crippen LogP contribution in [0.1, 0.15) is 21.8 Å². The molecule has 0 bridgehead atoms. The Bertz CT molecular complexity index is 510. The molecule has 2 rings (SSSR count). The second-order valence-electron chi connectivity index (χ2n) is 3.50. The van der Waals surface area contributed by atoms with E-state index >= 15 is 0 Å². The van der Waals surface area contributed by atoms with Crippen molar-refractivity contribution in [2.45, 2.75) is 5.92 Å². The SMILES string of the molecule is COC(=O)C1C(=O)N(O)C(=O)c2ccccc21. The quantitative estimate of drug-likeness (QED) is 0.328. The molecule has 1 aliphatic heterocycles. The van der Waals surface area contributed by atoms with Gasteiger partial charge in [-0.15, -0.1) is 0 Å². The van der Waals surface area contributed by atoms with Gasteiger partial charge in [0.25, 0.3) is 11.8 Å². The number of hydroxylamine groups is 2. The van der Waals surface area contributed by atoms with E-state index in [0.717, 1.165) is 7.11 Å². The molecular formula is C11H9NO5. The fourth-order valence-corrected chi connectivity index (χ4v) is 1.76. The van der Waals surface area contributed by atoms with E-state index in [4.69, 9.17) is 0 Å². The minimum absolute atomic E-state index is 0.0517. The number of amides is 2. The highest BCUT2D eigenvalue weighted by Gasteiger charge is 2.42. The highest BCUT2D eigenvalue weighted by atomic mass is 16.5. The Morgan fingerprint density at radius 2 is 2.00 bits per heavy atom. The average molecular weight is 235 g/mol. The normalized spacial score (nSPS) is 18.9. The van der Waals surface area contributed by atoms with Crippen LogP contribution in [-0.2, 0) is 14.3 Å². The van der Waals surface area contributed by atoms with Gasteiger partial charge < -0.3 is 4.74 Å². The fraction of sp³-hybridized carbons (Fsp3) is 0.182. The minimum Gasteiger partial charge on any atom is -0.468 e. The van der Waals surface area contributed by atoms with E-state index < -0.39 is 23.7 Å². The first kappa shape index (κ1) is 11.3. The lowest BCUT2D eigenvalue weighted by Gasteiger charge is -2.26. The zero-order valence-electron chi connectivity index (χ0n) is 8.91. The van der Waals surface area contributed by atoms with E-state index in [1.807, 2.05) is 0 Å². The van der Waals surface area contributed by atoms with Crippen LogP contribution in [0.25, 0.3) is 0 Å². The Balaban J connectivity index is 2.61. The van der Waals surface area contributed by atoms with Crippen LogP contribution in [0, 0.1) is 0 Å². The van der Waals surface area contributed by atoms with Crippen molar-refractivity contribution in [2.75, 3.05) is 7.11 Å². The summed E-state index contributed by atoms with van der Waals surface area (Å²) in [5, 5.41) is 9.28. The van der Waals surface area contributed by atoms with Crippen molar-refractivity contribution in [2.24, 2.45) is 0 Å². The van der Waals surface area contributed by atoms with Crippen molar-refractivity contribution in [3.8, 4) is 0 Å². The van der Waals surface area contributed by atoms with Gasteiger partial charge >= 0.3 is 5.97 Å². The van der Waals surface area contributed by atoms with Crippen molar-refractivity contribution in [1.29, 1.82) is 0 Å². The van der Waals surface area contributed by atoms with Gasteiger partial charge in [0.05, 0.1) is 7.11 Å².